The smallest absolute Gasteiger partial charge is 0.00320 e. The Morgan fingerprint density at radius 2 is 1.83 bits per heavy atom. The molecule has 0 amide bonds. The van der Waals surface area contributed by atoms with E-state index in [1.165, 1.54) is 49.7 Å². The lowest BCUT2D eigenvalue weighted by atomic mass is 9.78. The lowest BCUT2D eigenvalue weighted by Crippen LogP contribution is -2.14. The van der Waals surface area contributed by atoms with Crippen molar-refractivity contribution in [2.24, 2.45) is 11.8 Å². The maximum absolute atomic E-state index is 2.57. The Morgan fingerprint density at radius 3 is 2.65 bits per heavy atom. The van der Waals surface area contributed by atoms with Crippen molar-refractivity contribution >= 4 is 0 Å². The average Bonchev–Trinajstić information content (AvgIpc) is 2.90. The van der Waals surface area contributed by atoms with Gasteiger partial charge in [0.15, 0.2) is 0 Å². The fourth-order valence-electron chi connectivity index (χ4n) is 3.93. The Hall–Kier alpha value is -1.56. The van der Waals surface area contributed by atoms with Gasteiger partial charge < -0.3 is 0 Å². The summed E-state index contributed by atoms with van der Waals surface area (Å²) in [7, 11) is 0. The van der Waals surface area contributed by atoms with E-state index in [-0.39, 0.29) is 0 Å². The summed E-state index contributed by atoms with van der Waals surface area (Å²) >= 11 is 0. The maximum atomic E-state index is 2.57. The highest BCUT2D eigenvalue weighted by atomic mass is 14.3. The summed E-state index contributed by atoms with van der Waals surface area (Å²) < 4.78 is 0. The molecule has 2 unspecified atom stereocenters. The second-order valence-electron chi connectivity index (χ2n) is 7.08. The Bertz CT molecular complexity index is 604. The van der Waals surface area contributed by atoms with Gasteiger partial charge in [0.05, 0.1) is 0 Å². The van der Waals surface area contributed by atoms with E-state index in [2.05, 4.69) is 62.5 Å². The number of rotatable bonds is 5. The highest BCUT2D eigenvalue weighted by Gasteiger charge is 2.24. The SMILES string of the molecule is CCCCC1=CC2CC(=CC=C2C2C=C(CC)C=CCC2)C=C1. The number of allylic oxidation sites excluding steroid dienone is 12. The topological polar surface area (TPSA) is 0 Å². The van der Waals surface area contributed by atoms with Gasteiger partial charge >= 0.3 is 0 Å². The first kappa shape index (κ1) is 16.3. The number of hydrogen-bond acceptors (Lipinski definition) is 0. The van der Waals surface area contributed by atoms with Crippen LogP contribution in [0.2, 0.25) is 0 Å². The van der Waals surface area contributed by atoms with Gasteiger partial charge in [0, 0.05) is 5.92 Å². The van der Waals surface area contributed by atoms with E-state index in [0.29, 0.717) is 11.8 Å². The van der Waals surface area contributed by atoms with Crippen LogP contribution < -0.4 is 0 Å². The molecule has 0 heteroatoms. The summed E-state index contributed by atoms with van der Waals surface area (Å²) in [4.78, 5) is 0. The summed E-state index contributed by atoms with van der Waals surface area (Å²) in [5.74, 6) is 1.22. The van der Waals surface area contributed by atoms with Crippen molar-refractivity contribution in [2.45, 2.75) is 58.8 Å². The van der Waals surface area contributed by atoms with E-state index in [0.717, 1.165) is 6.42 Å². The van der Waals surface area contributed by atoms with Gasteiger partial charge in [-0.05, 0) is 50.0 Å². The molecule has 0 saturated heterocycles. The fraction of sp³-hybridized carbons (Fsp3) is 0.478. The zero-order chi connectivity index (χ0) is 16.1. The average molecular weight is 306 g/mol. The molecule has 0 saturated carbocycles. The number of fused-ring (bicyclic) bond motifs is 2. The van der Waals surface area contributed by atoms with Gasteiger partial charge in [-0.25, -0.2) is 0 Å². The quantitative estimate of drug-likeness (QED) is 0.521. The molecule has 0 nitrogen and oxygen atoms in total. The van der Waals surface area contributed by atoms with Crippen molar-refractivity contribution < 1.29 is 0 Å². The summed E-state index contributed by atoms with van der Waals surface area (Å²) in [6.07, 6.45) is 27.9. The maximum Gasteiger partial charge on any atom is 0.00320 e. The molecule has 0 aliphatic heterocycles. The Labute approximate surface area is 142 Å². The van der Waals surface area contributed by atoms with Crippen LogP contribution in [-0.2, 0) is 0 Å². The molecule has 0 aromatic carbocycles. The van der Waals surface area contributed by atoms with Gasteiger partial charge in [0.1, 0.15) is 0 Å². The normalized spacial score (nSPS) is 26.7. The molecule has 122 valence electrons. The third-order valence-electron chi connectivity index (χ3n) is 5.35. The minimum atomic E-state index is 0.606. The molecule has 0 heterocycles. The predicted molar refractivity (Wildman–Crippen MR) is 101 cm³/mol. The Morgan fingerprint density at radius 1 is 0.957 bits per heavy atom. The zero-order valence-electron chi connectivity index (χ0n) is 14.7. The predicted octanol–water partition coefficient (Wildman–Crippen LogP) is 6.85. The molecule has 2 atom stereocenters. The van der Waals surface area contributed by atoms with E-state index >= 15 is 0 Å². The first-order valence-corrected chi connectivity index (χ1v) is 9.46. The van der Waals surface area contributed by atoms with Crippen LogP contribution >= 0.6 is 0 Å². The molecular weight excluding hydrogens is 276 g/mol. The molecule has 3 rings (SSSR count). The standard InChI is InChI=1S/C23H30/c1-3-5-8-19-11-12-20-13-14-23(22(16-19)17-20)21-10-7-6-9-18(4-2)15-21/h6,9,11-16,21-22H,3-5,7-8,10,17H2,1-2H3. The Balaban J connectivity index is 1.86. The highest BCUT2D eigenvalue weighted by Crippen LogP contribution is 2.39. The van der Waals surface area contributed by atoms with E-state index in [9.17, 15) is 0 Å². The molecule has 3 aliphatic carbocycles. The molecule has 0 spiro atoms. The first-order chi connectivity index (χ1) is 11.3. The van der Waals surface area contributed by atoms with E-state index in [4.69, 9.17) is 0 Å². The van der Waals surface area contributed by atoms with Gasteiger partial charge in [-0.2, -0.15) is 0 Å². The van der Waals surface area contributed by atoms with Crippen molar-refractivity contribution in [1.82, 2.24) is 0 Å². The summed E-state index contributed by atoms with van der Waals surface area (Å²) in [6.45, 7) is 4.55. The second-order valence-corrected chi connectivity index (χ2v) is 7.08. The van der Waals surface area contributed by atoms with Crippen LogP contribution in [0.3, 0.4) is 0 Å². The monoisotopic (exact) mass is 306 g/mol. The summed E-state index contributed by atoms with van der Waals surface area (Å²) in [5, 5.41) is 0. The van der Waals surface area contributed by atoms with Crippen LogP contribution in [0.15, 0.2) is 70.9 Å². The first-order valence-electron chi connectivity index (χ1n) is 9.46. The zero-order valence-corrected chi connectivity index (χ0v) is 14.7. The molecule has 23 heavy (non-hydrogen) atoms. The molecule has 2 bridgehead atoms. The molecule has 0 N–H and O–H groups in total. The van der Waals surface area contributed by atoms with Gasteiger partial charge in [0.2, 0.25) is 0 Å². The number of hydrogen-bond donors (Lipinski definition) is 0. The van der Waals surface area contributed by atoms with Crippen LogP contribution in [0.4, 0.5) is 0 Å². The van der Waals surface area contributed by atoms with Crippen LogP contribution in [0.1, 0.15) is 58.8 Å². The van der Waals surface area contributed by atoms with Crippen molar-refractivity contribution in [3.05, 3.63) is 70.9 Å². The molecular formula is C23H30. The van der Waals surface area contributed by atoms with Gasteiger partial charge in [-0.1, -0.05) is 85.6 Å². The minimum absolute atomic E-state index is 0.606. The highest BCUT2D eigenvalue weighted by molar-refractivity contribution is 5.44. The fourth-order valence-corrected chi connectivity index (χ4v) is 3.93. The largest absolute Gasteiger partial charge is 0.0842 e. The van der Waals surface area contributed by atoms with Gasteiger partial charge in [-0.15, -0.1) is 0 Å². The van der Waals surface area contributed by atoms with Gasteiger partial charge in [0.25, 0.3) is 0 Å². The summed E-state index contributed by atoms with van der Waals surface area (Å²) in [6, 6.07) is 0. The van der Waals surface area contributed by atoms with Crippen molar-refractivity contribution in [1.29, 1.82) is 0 Å². The van der Waals surface area contributed by atoms with Crippen LogP contribution in [-0.4, -0.2) is 0 Å². The molecule has 0 aromatic rings. The molecule has 0 radical (unpaired) electrons. The van der Waals surface area contributed by atoms with Crippen LogP contribution in [0.5, 0.6) is 0 Å². The van der Waals surface area contributed by atoms with E-state index < -0.39 is 0 Å². The van der Waals surface area contributed by atoms with E-state index in [1.807, 2.05) is 0 Å². The molecule has 3 aliphatic rings. The summed E-state index contributed by atoms with van der Waals surface area (Å²) in [5.41, 5.74) is 6.18. The van der Waals surface area contributed by atoms with Crippen molar-refractivity contribution in [2.75, 3.05) is 0 Å². The van der Waals surface area contributed by atoms with Crippen LogP contribution in [0.25, 0.3) is 0 Å². The van der Waals surface area contributed by atoms with Crippen molar-refractivity contribution in [3.63, 3.8) is 0 Å². The second kappa shape index (κ2) is 7.81. The number of unbranched alkanes of at least 4 members (excludes halogenated alkanes) is 1. The Kier molecular flexibility index (Phi) is 5.54. The molecule has 0 aromatic heterocycles. The van der Waals surface area contributed by atoms with Crippen molar-refractivity contribution in [3.8, 4) is 0 Å². The van der Waals surface area contributed by atoms with Crippen LogP contribution in [0, 0.1) is 11.8 Å². The third-order valence-corrected chi connectivity index (χ3v) is 5.35. The third kappa shape index (κ3) is 4.05. The molecule has 0 fully saturated rings. The lowest BCUT2D eigenvalue weighted by Gasteiger charge is -2.26. The minimum Gasteiger partial charge on any atom is -0.0842 e. The van der Waals surface area contributed by atoms with E-state index in [1.54, 1.807) is 11.1 Å². The lowest BCUT2D eigenvalue weighted by molar-refractivity contribution is 0.588. The van der Waals surface area contributed by atoms with Gasteiger partial charge in [-0.3, -0.25) is 0 Å².